The molecule has 0 aromatic carbocycles. The Kier molecular flexibility index (Phi) is 4.51. The van der Waals surface area contributed by atoms with Gasteiger partial charge in [0.15, 0.2) is 0 Å². The molecule has 0 aliphatic carbocycles. The van der Waals surface area contributed by atoms with Crippen molar-refractivity contribution < 1.29 is 9.52 Å². The van der Waals surface area contributed by atoms with Gasteiger partial charge in [0.1, 0.15) is 11.9 Å². The number of nitrogens with one attached hydrogen (secondary N) is 1. The van der Waals surface area contributed by atoms with E-state index in [2.05, 4.69) is 32.6 Å². The fourth-order valence-electron chi connectivity index (χ4n) is 3.51. The molecule has 0 spiro atoms. The van der Waals surface area contributed by atoms with Crippen LogP contribution in [0.1, 0.15) is 36.7 Å². The molecule has 2 unspecified atom stereocenters. The molecule has 1 aliphatic heterocycles. The average molecular weight is 343 g/mol. The summed E-state index contributed by atoms with van der Waals surface area (Å²) in [7, 11) is 0. The van der Waals surface area contributed by atoms with Crippen molar-refractivity contribution in [1.29, 1.82) is 0 Å². The van der Waals surface area contributed by atoms with Gasteiger partial charge in [0, 0.05) is 18.2 Å². The van der Waals surface area contributed by atoms with Crippen LogP contribution in [0, 0.1) is 0 Å². The van der Waals surface area contributed by atoms with E-state index < -0.39 is 6.10 Å². The van der Waals surface area contributed by atoms with E-state index >= 15 is 0 Å². The van der Waals surface area contributed by atoms with Gasteiger partial charge < -0.3 is 9.52 Å². The summed E-state index contributed by atoms with van der Waals surface area (Å²) in [5.41, 5.74) is 2.33. The number of aliphatic hydroxyl groups excluding tert-OH is 1. The van der Waals surface area contributed by atoms with Crippen LogP contribution < -0.4 is 0 Å². The number of likely N-dealkylation sites (tertiary alicyclic amines) is 1. The van der Waals surface area contributed by atoms with Crippen LogP contribution >= 0.6 is 11.3 Å². The molecule has 3 aromatic heterocycles. The van der Waals surface area contributed by atoms with E-state index in [-0.39, 0.29) is 0 Å². The second-order valence-corrected chi connectivity index (χ2v) is 7.23. The van der Waals surface area contributed by atoms with Crippen LogP contribution in [-0.4, -0.2) is 32.8 Å². The maximum atomic E-state index is 10.4. The lowest BCUT2D eigenvalue weighted by Gasteiger charge is -2.25. The summed E-state index contributed by atoms with van der Waals surface area (Å²) in [6.45, 7) is 1.92. The van der Waals surface area contributed by atoms with E-state index in [4.69, 9.17) is 4.42 Å². The zero-order valence-corrected chi connectivity index (χ0v) is 14.2. The first kappa shape index (κ1) is 15.6. The van der Waals surface area contributed by atoms with Crippen molar-refractivity contribution in [3.8, 4) is 10.6 Å². The molecular weight excluding hydrogens is 322 g/mol. The van der Waals surface area contributed by atoms with Crippen LogP contribution in [0.2, 0.25) is 0 Å². The summed E-state index contributed by atoms with van der Waals surface area (Å²) < 4.78 is 5.33. The van der Waals surface area contributed by atoms with Gasteiger partial charge in [-0.2, -0.15) is 5.10 Å². The maximum Gasteiger partial charge on any atom is 0.132 e. The van der Waals surface area contributed by atoms with E-state index in [1.807, 2.05) is 18.3 Å². The van der Waals surface area contributed by atoms with Gasteiger partial charge >= 0.3 is 0 Å². The number of furan rings is 1. The van der Waals surface area contributed by atoms with Crippen molar-refractivity contribution in [3.05, 3.63) is 53.4 Å². The van der Waals surface area contributed by atoms with Crippen LogP contribution in [0.5, 0.6) is 0 Å². The Morgan fingerprint density at radius 2 is 2.38 bits per heavy atom. The van der Waals surface area contributed by atoms with Crippen LogP contribution in [0.15, 0.2) is 46.5 Å². The Morgan fingerprint density at radius 1 is 1.42 bits per heavy atom. The smallest absolute Gasteiger partial charge is 0.132 e. The lowest BCUT2D eigenvalue weighted by Crippen LogP contribution is -2.30. The molecule has 1 aliphatic rings. The van der Waals surface area contributed by atoms with Gasteiger partial charge in [0.05, 0.1) is 23.0 Å². The van der Waals surface area contributed by atoms with Crippen LogP contribution in [0.25, 0.3) is 10.6 Å². The molecule has 24 heavy (non-hydrogen) atoms. The highest BCUT2D eigenvalue weighted by Crippen LogP contribution is 2.31. The van der Waals surface area contributed by atoms with E-state index in [1.165, 1.54) is 16.9 Å². The molecule has 0 amide bonds. The highest BCUT2D eigenvalue weighted by molar-refractivity contribution is 7.13. The summed E-state index contributed by atoms with van der Waals surface area (Å²) >= 11 is 1.72. The number of thiophene rings is 1. The topological polar surface area (TPSA) is 65.3 Å². The monoisotopic (exact) mass is 343 g/mol. The summed E-state index contributed by atoms with van der Waals surface area (Å²) in [5, 5.41) is 19.8. The predicted octanol–water partition coefficient (Wildman–Crippen LogP) is 3.82. The summed E-state index contributed by atoms with van der Waals surface area (Å²) in [5.74, 6) is 0.657. The van der Waals surface area contributed by atoms with E-state index in [9.17, 15) is 5.11 Å². The first-order valence-corrected chi connectivity index (χ1v) is 9.21. The molecule has 2 atom stereocenters. The normalized spacial score (nSPS) is 19.8. The molecule has 0 bridgehead atoms. The number of aromatic amines is 1. The molecule has 2 N–H and O–H groups in total. The fourth-order valence-corrected chi connectivity index (χ4v) is 4.26. The second kappa shape index (κ2) is 6.93. The average Bonchev–Trinajstić information content (AvgIpc) is 3.37. The molecule has 6 heteroatoms. The third kappa shape index (κ3) is 3.17. The van der Waals surface area contributed by atoms with Crippen molar-refractivity contribution in [2.45, 2.75) is 38.0 Å². The Morgan fingerprint density at radius 3 is 3.17 bits per heavy atom. The Labute approximate surface area is 144 Å². The Balaban J connectivity index is 1.45. The van der Waals surface area contributed by atoms with E-state index in [0.717, 1.165) is 25.2 Å². The van der Waals surface area contributed by atoms with Crippen molar-refractivity contribution in [2.75, 3.05) is 6.54 Å². The summed E-state index contributed by atoms with van der Waals surface area (Å²) in [6, 6.07) is 8.21. The van der Waals surface area contributed by atoms with Crippen molar-refractivity contribution in [1.82, 2.24) is 15.1 Å². The number of nitrogens with zero attached hydrogens (tertiary/aromatic N) is 2. The molecule has 1 fully saturated rings. The van der Waals surface area contributed by atoms with Gasteiger partial charge in [0.25, 0.3) is 0 Å². The van der Waals surface area contributed by atoms with Gasteiger partial charge in [0.2, 0.25) is 0 Å². The molecule has 0 saturated carbocycles. The molecule has 4 heterocycles. The van der Waals surface area contributed by atoms with Crippen LogP contribution in [0.3, 0.4) is 0 Å². The van der Waals surface area contributed by atoms with Crippen LogP contribution in [0.4, 0.5) is 0 Å². The Hall–Kier alpha value is -1.89. The van der Waals surface area contributed by atoms with Gasteiger partial charge in [-0.1, -0.05) is 6.07 Å². The quantitative estimate of drug-likeness (QED) is 0.714. The minimum absolute atomic E-state index is 0.371. The first-order chi connectivity index (χ1) is 11.8. The number of hydrogen-bond donors (Lipinski definition) is 2. The number of hydrogen-bond acceptors (Lipinski definition) is 5. The number of rotatable bonds is 6. The minimum atomic E-state index is -0.535. The third-order valence-electron chi connectivity index (χ3n) is 4.72. The zero-order valence-electron chi connectivity index (χ0n) is 13.4. The van der Waals surface area contributed by atoms with Crippen molar-refractivity contribution >= 4 is 11.3 Å². The van der Waals surface area contributed by atoms with Gasteiger partial charge in [-0.05, 0) is 49.4 Å². The summed E-state index contributed by atoms with van der Waals surface area (Å²) in [6.07, 6.45) is 5.99. The highest BCUT2D eigenvalue weighted by Gasteiger charge is 2.28. The van der Waals surface area contributed by atoms with Gasteiger partial charge in [-0.25, -0.2) is 0 Å². The van der Waals surface area contributed by atoms with E-state index in [0.29, 0.717) is 18.2 Å². The van der Waals surface area contributed by atoms with Gasteiger partial charge in [-0.15, -0.1) is 11.3 Å². The van der Waals surface area contributed by atoms with Crippen LogP contribution in [-0.2, 0) is 6.54 Å². The van der Waals surface area contributed by atoms with Crippen molar-refractivity contribution in [3.63, 3.8) is 0 Å². The number of H-pyrrole nitrogens is 1. The third-order valence-corrected chi connectivity index (χ3v) is 5.61. The lowest BCUT2D eigenvalue weighted by molar-refractivity contribution is 0.0996. The Bertz CT molecular complexity index is 751. The minimum Gasteiger partial charge on any atom is -0.467 e. The standard InChI is InChI=1S/C18H21N3O2S/c22-15(16-5-2-8-23-16)10-14-4-1-7-21(14)12-13-11-19-20-18(13)17-6-3-9-24-17/h2-3,5-6,8-9,11,14-15,22H,1,4,7,10,12H2,(H,19,20). The second-order valence-electron chi connectivity index (χ2n) is 6.28. The largest absolute Gasteiger partial charge is 0.467 e. The molecule has 1 saturated heterocycles. The molecule has 4 rings (SSSR count). The molecular formula is C18H21N3O2S. The molecule has 5 nitrogen and oxygen atoms in total. The zero-order chi connectivity index (χ0) is 16.4. The number of aromatic nitrogens is 2. The highest BCUT2D eigenvalue weighted by atomic mass is 32.1. The van der Waals surface area contributed by atoms with Crippen molar-refractivity contribution in [2.24, 2.45) is 0 Å². The lowest BCUT2D eigenvalue weighted by atomic mass is 10.0. The number of aliphatic hydroxyl groups is 1. The molecule has 0 radical (unpaired) electrons. The fraction of sp³-hybridized carbons (Fsp3) is 0.389. The molecule has 126 valence electrons. The maximum absolute atomic E-state index is 10.4. The molecule has 3 aromatic rings. The summed E-state index contributed by atoms with van der Waals surface area (Å²) in [4.78, 5) is 3.67. The van der Waals surface area contributed by atoms with E-state index in [1.54, 1.807) is 17.6 Å². The first-order valence-electron chi connectivity index (χ1n) is 8.33. The SMILES string of the molecule is OC(CC1CCCN1Cc1cn[nH]c1-c1cccs1)c1ccco1. The van der Waals surface area contributed by atoms with Gasteiger partial charge in [-0.3, -0.25) is 10.00 Å². The predicted molar refractivity (Wildman–Crippen MR) is 93.6 cm³/mol.